The zero-order valence-electron chi connectivity index (χ0n) is 20.4. The molecule has 3 aromatic rings. The number of pyridine rings is 1. The molecule has 2 fully saturated rings. The molecule has 13 heteroatoms. The van der Waals surface area contributed by atoms with Crippen molar-refractivity contribution in [2.24, 2.45) is 5.10 Å². The minimum atomic E-state index is -4.49. The number of piperazine rings is 1. The van der Waals surface area contributed by atoms with E-state index >= 15 is 4.39 Å². The van der Waals surface area contributed by atoms with Crippen LogP contribution in [0.2, 0.25) is 0 Å². The smallest absolute Gasteiger partial charge is 0.416 e. The van der Waals surface area contributed by atoms with E-state index in [-0.39, 0.29) is 22.6 Å². The maximum Gasteiger partial charge on any atom is 0.416 e. The van der Waals surface area contributed by atoms with E-state index in [2.05, 4.69) is 10.5 Å². The van der Waals surface area contributed by atoms with Crippen molar-refractivity contribution in [1.29, 1.82) is 0 Å². The lowest BCUT2D eigenvalue weighted by molar-refractivity contribution is -0.137. The second-order valence-electron chi connectivity index (χ2n) is 9.42. The number of carboxylic acids is 1. The number of aromatic nitrogens is 1. The molecule has 1 aliphatic carbocycles. The Bertz CT molecular complexity index is 1520. The summed E-state index contributed by atoms with van der Waals surface area (Å²) >= 11 is 0. The minimum absolute atomic E-state index is 0.0249. The van der Waals surface area contributed by atoms with Gasteiger partial charge < -0.3 is 19.5 Å². The van der Waals surface area contributed by atoms with Crippen LogP contribution in [0.3, 0.4) is 0 Å². The topological polar surface area (TPSA) is 107 Å². The van der Waals surface area contributed by atoms with Crippen molar-refractivity contribution in [2.75, 3.05) is 31.1 Å². The summed E-state index contributed by atoms with van der Waals surface area (Å²) in [4.78, 5) is 40.0. The molecule has 2 aromatic carbocycles. The number of nitrogens with zero attached hydrogens (tertiary/aromatic N) is 4. The van der Waals surface area contributed by atoms with Gasteiger partial charge in [0, 0.05) is 49.4 Å². The number of carboxylic acid groups (broad SMARTS) is 1. The van der Waals surface area contributed by atoms with E-state index in [0.29, 0.717) is 37.4 Å². The van der Waals surface area contributed by atoms with Crippen molar-refractivity contribution in [2.45, 2.75) is 25.1 Å². The van der Waals surface area contributed by atoms with Gasteiger partial charge in [0.1, 0.15) is 17.7 Å². The van der Waals surface area contributed by atoms with Gasteiger partial charge in [0.2, 0.25) is 5.43 Å². The molecule has 204 valence electrons. The Morgan fingerprint density at radius 1 is 1.05 bits per heavy atom. The van der Waals surface area contributed by atoms with Crippen LogP contribution in [0.1, 0.15) is 45.2 Å². The molecule has 0 atom stereocenters. The van der Waals surface area contributed by atoms with Crippen LogP contribution >= 0.6 is 0 Å². The third-order valence-corrected chi connectivity index (χ3v) is 6.79. The second-order valence-corrected chi connectivity index (χ2v) is 9.42. The number of amides is 1. The Balaban J connectivity index is 1.25. The van der Waals surface area contributed by atoms with E-state index in [1.807, 2.05) is 4.90 Å². The third-order valence-electron chi connectivity index (χ3n) is 6.79. The quantitative estimate of drug-likeness (QED) is 0.212. The predicted octanol–water partition coefficient (Wildman–Crippen LogP) is 3.69. The number of fused-ring (bicyclic) bond motifs is 1. The molecular formula is C26H23F4N5O4. The van der Waals surface area contributed by atoms with Crippen molar-refractivity contribution >= 4 is 34.8 Å². The number of nitrogens with one attached hydrogen (secondary N) is 1. The van der Waals surface area contributed by atoms with Gasteiger partial charge in [-0.3, -0.25) is 9.59 Å². The maximum atomic E-state index is 15.1. The molecule has 1 aliphatic heterocycles. The number of carbonyl (C=O) groups is 2. The Morgan fingerprint density at radius 3 is 2.31 bits per heavy atom. The number of anilines is 1. The molecule has 2 heterocycles. The van der Waals surface area contributed by atoms with Crippen LogP contribution in [-0.2, 0) is 6.18 Å². The zero-order chi connectivity index (χ0) is 27.9. The Hall–Kier alpha value is -4.42. The van der Waals surface area contributed by atoms with E-state index in [1.54, 1.807) is 15.5 Å². The molecule has 1 saturated carbocycles. The first-order chi connectivity index (χ1) is 18.5. The molecule has 9 nitrogen and oxygen atoms in total. The molecule has 39 heavy (non-hydrogen) atoms. The number of carbonyl (C=O) groups excluding carboxylic acids is 1. The molecular weight excluding hydrogens is 522 g/mol. The van der Waals surface area contributed by atoms with Crippen molar-refractivity contribution in [3.05, 3.63) is 75.3 Å². The van der Waals surface area contributed by atoms with Gasteiger partial charge in [-0.15, -0.1) is 0 Å². The van der Waals surface area contributed by atoms with Crippen molar-refractivity contribution in [1.82, 2.24) is 14.9 Å². The van der Waals surface area contributed by atoms with Crippen molar-refractivity contribution in [3.63, 3.8) is 0 Å². The van der Waals surface area contributed by atoms with Crippen LogP contribution in [-0.4, -0.2) is 59.0 Å². The maximum absolute atomic E-state index is 15.1. The summed E-state index contributed by atoms with van der Waals surface area (Å²) in [6, 6.07) is 6.52. The molecule has 0 bridgehead atoms. The van der Waals surface area contributed by atoms with E-state index in [9.17, 15) is 32.7 Å². The second kappa shape index (κ2) is 10.0. The number of aromatic carboxylic acids is 1. The number of rotatable bonds is 6. The molecule has 1 saturated heterocycles. The summed E-state index contributed by atoms with van der Waals surface area (Å²) in [6.45, 7) is 1.68. The van der Waals surface area contributed by atoms with Gasteiger partial charge in [0.25, 0.3) is 5.91 Å². The van der Waals surface area contributed by atoms with E-state index in [0.717, 1.165) is 43.2 Å². The summed E-state index contributed by atoms with van der Waals surface area (Å²) in [5.74, 6) is -2.64. The van der Waals surface area contributed by atoms with Gasteiger partial charge >= 0.3 is 12.1 Å². The van der Waals surface area contributed by atoms with Crippen LogP contribution < -0.4 is 15.8 Å². The van der Waals surface area contributed by atoms with Gasteiger partial charge in [-0.1, -0.05) is 0 Å². The lowest BCUT2D eigenvalue weighted by Gasteiger charge is -2.35. The highest BCUT2D eigenvalue weighted by molar-refractivity contribution is 5.94. The van der Waals surface area contributed by atoms with Crippen LogP contribution in [0, 0.1) is 5.82 Å². The minimum Gasteiger partial charge on any atom is -0.477 e. The third kappa shape index (κ3) is 5.42. The molecule has 5 rings (SSSR count). The normalized spacial score (nSPS) is 16.2. The Morgan fingerprint density at radius 2 is 1.72 bits per heavy atom. The summed E-state index contributed by atoms with van der Waals surface area (Å²) in [5.41, 5.74) is 1.12. The van der Waals surface area contributed by atoms with E-state index in [4.69, 9.17) is 0 Å². The summed E-state index contributed by atoms with van der Waals surface area (Å²) in [5, 5.41) is 13.3. The van der Waals surface area contributed by atoms with Crippen LogP contribution in [0.15, 0.2) is 52.5 Å². The highest BCUT2D eigenvalue weighted by Gasteiger charge is 2.30. The molecule has 1 amide bonds. The number of hydrazone groups is 1. The lowest BCUT2D eigenvalue weighted by Crippen LogP contribution is -2.46. The van der Waals surface area contributed by atoms with Gasteiger partial charge in [-0.05, 0) is 49.2 Å². The molecule has 0 radical (unpaired) electrons. The Kier molecular flexibility index (Phi) is 6.74. The summed E-state index contributed by atoms with van der Waals surface area (Å²) < 4.78 is 54.9. The highest BCUT2D eigenvalue weighted by Crippen LogP contribution is 2.38. The molecule has 1 aromatic heterocycles. The fourth-order valence-electron chi connectivity index (χ4n) is 4.53. The fraction of sp³-hybridized carbons (Fsp3) is 0.308. The standard InChI is InChI=1S/C26H23F4N5O4/c27-20-11-18-21(35(17-5-6-17)13-19(23(18)36)25(38)39)12-22(20)34-9-7-33(8-10-34)14-31-32-24(37)15-1-3-16(4-2-15)26(28,29)30/h1-4,11-14,17H,5-10H2,(H,32,37)(H,38,39). The fourth-order valence-corrected chi connectivity index (χ4v) is 4.53. The first-order valence-electron chi connectivity index (χ1n) is 12.1. The van der Waals surface area contributed by atoms with Gasteiger partial charge in [0.15, 0.2) is 0 Å². The summed E-state index contributed by atoms with van der Waals surface area (Å²) in [6.07, 6.45) is -0.0748. The molecule has 2 N–H and O–H groups in total. The highest BCUT2D eigenvalue weighted by atomic mass is 19.4. The largest absolute Gasteiger partial charge is 0.477 e. The van der Waals surface area contributed by atoms with E-state index < -0.39 is 34.9 Å². The first-order valence-corrected chi connectivity index (χ1v) is 12.1. The molecule has 2 aliphatic rings. The SMILES string of the molecule is O=C(NN=CN1CCN(c2cc3c(cc2F)c(=O)c(C(=O)O)cn3C2CC2)CC1)c1ccc(C(F)(F)F)cc1. The molecule has 0 spiro atoms. The predicted molar refractivity (Wildman–Crippen MR) is 135 cm³/mol. The lowest BCUT2D eigenvalue weighted by atomic mass is 10.1. The van der Waals surface area contributed by atoms with E-state index in [1.165, 1.54) is 12.5 Å². The van der Waals surface area contributed by atoms with Crippen LogP contribution in [0.25, 0.3) is 10.9 Å². The van der Waals surface area contributed by atoms with Gasteiger partial charge in [0.05, 0.1) is 16.8 Å². The monoisotopic (exact) mass is 545 g/mol. The number of halogens is 4. The average Bonchev–Trinajstić information content (AvgIpc) is 3.74. The first kappa shape index (κ1) is 26.2. The number of hydrogen-bond acceptors (Lipinski definition) is 5. The zero-order valence-corrected chi connectivity index (χ0v) is 20.4. The van der Waals surface area contributed by atoms with Gasteiger partial charge in [-0.25, -0.2) is 14.6 Å². The van der Waals surface area contributed by atoms with Crippen LogP contribution in [0.5, 0.6) is 0 Å². The van der Waals surface area contributed by atoms with Crippen molar-refractivity contribution in [3.8, 4) is 0 Å². The number of benzene rings is 2. The van der Waals surface area contributed by atoms with Gasteiger partial charge in [-0.2, -0.15) is 18.3 Å². The molecule has 0 unspecified atom stereocenters. The Labute approximate surface area is 218 Å². The summed E-state index contributed by atoms with van der Waals surface area (Å²) in [7, 11) is 0. The number of hydrogen-bond donors (Lipinski definition) is 2. The van der Waals surface area contributed by atoms with Crippen molar-refractivity contribution < 1.29 is 32.3 Å². The average molecular weight is 545 g/mol. The number of alkyl halides is 3. The van der Waals surface area contributed by atoms with Crippen LogP contribution in [0.4, 0.5) is 23.2 Å².